The smallest absolute Gasteiger partial charge is 0.310 e. The van der Waals surface area contributed by atoms with Crippen LogP contribution in [-0.4, -0.2) is 35.0 Å². The number of nitrogen functional groups attached to an aromatic ring is 1. The number of amides is 1. The van der Waals surface area contributed by atoms with E-state index in [4.69, 9.17) is 10.8 Å². The summed E-state index contributed by atoms with van der Waals surface area (Å²) < 4.78 is 0. The fraction of sp³-hybridized carbons (Fsp3) is 0.333. The minimum Gasteiger partial charge on any atom is -0.481 e. The molecule has 1 aromatic rings. The number of rotatable bonds is 2. The molecule has 0 radical (unpaired) electrons. The largest absolute Gasteiger partial charge is 0.481 e. The molecule has 0 aliphatic carbocycles. The first-order valence-electron chi connectivity index (χ1n) is 5.38. The van der Waals surface area contributed by atoms with Gasteiger partial charge in [0.2, 0.25) is 0 Å². The number of benzene rings is 1. The van der Waals surface area contributed by atoms with E-state index in [1.807, 2.05) is 0 Å². The molecule has 0 bridgehead atoms. The highest BCUT2D eigenvalue weighted by Gasteiger charge is 2.36. The van der Waals surface area contributed by atoms with Gasteiger partial charge in [0.05, 0.1) is 5.92 Å². The number of carbonyl (C=O) groups is 2. The fourth-order valence-electron chi connectivity index (χ4n) is 1.86. The number of likely N-dealkylation sites (tertiary alicyclic amines) is 1. The maximum absolute atomic E-state index is 12.0. The van der Waals surface area contributed by atoms with Gasteiger partial charge < -0.3 is 15.7 Å². The molecule has 0 aromatic heterocycles. The van der Waals surface area contributed by atoms with Gasteiger partial charge in [-0.2, -0.15) is 0 Å². The van der Waals surface area contributed by atoms with Gasteiger partial charge in [0.1, 0.15) is 0 Å². The summed E-state index contributed by atoms with van der Waals surface area (Å²) in [5.41, 5.74) is 7.60. The van der Waals surface area contributed by atoms with Crippen LogP contribution in [0.5, 0.6) is 0 Å². The number of carboxylic acids is 1. The van der Waals surface area contributed by atoms with Gasteiger partial charge in [0.25, 0.3) is 5.91 Å². The van der Waals surface area contributed by atoms with Crippen molar-refractivity contribution >= 4 is 17.6 Å². The second kappa shape index (κ2) is 4.08. The summed E-state index contributed by atoms with van der Waals surface area (Å²) in [6.07, 6.45) is 0. The van der Waals surface area contributed by atoms with Crippen molar-refractivity contribution in [2.75, 3.05) is 18.8 Å². The Morgan fingerprint density at radius 1 is 1.41 bits per heavy atom. The number of aliphatic carboxylic acids is 1. The van der Waals surface area contributed by atoms with E-state index >= 15 is 0 Å². The Kier molecular flexibility index (Phi) is 2.75. The van der Waals surface area contributed by atoms with Gasteiger partial charge in [-0.05, 0) is 24.6 Å². The van der Waals surface area contributed by atoms with Gasteiger partial charge in [-0.15, -0.1) is 0 Å². The summed E-state index contributed by atoms with van der Waals surface area (Å²) in [6, 6.07) is 5.18. The van der Waals surface area contributed by atoms with Crippen molar-refractivity contribution < 1.29 is 14.7 Å². The normalized spacial score (nSPS) is 15.5. The lowest BCUT2D eigenvalue weighted by molar-refractivity contribution is -0.146. The average molecular weight is 234 g/mol. The predicted molar refractivity (Wildman–Crippen MR) is 62.6 cm³/mol. The number of anilines is 1. The van der Waals surface area contributed by atoms with E-state index in [2.05, 4.69) is 0 Å². The van der Waals surface area contributed by atoms with Gasteiger partial charge in [-0.25, -0.2) is 0 Å². The molecule has 1 aliphatic heterocycles. The quantitative estimate of drug-likeness (QED) is 0.739. The standard InChI is InChI=1S/C12H14N2O3/c1-7-9(3-2-4-10(7)13)11(15)14-5-8(6-14)12(16)17/h2-4,8H,5-6,13H2,1H3,(H,16,17). The first-order chi connectivity index (χ1) is 8.00. The molecular formula is C12H14N2O3. The maximum Gasteiger partial charge on any atom is 0.310 e. The van der Waals surface area contributed by atoms with E-state index < -0.39 is 11.9 Å². The van der Waals surface area contributed by atoms with Crippen LogP contribution in [0.4, 0.5) is 5.69 Å². The fourth-order valence-corrected chi connectivity index (χ4v) is 1.86. The van der Waals surface area contributed by atoms with Crippen molar-refractivity contribution in [1.82, 2.24) is 4.90 Å². The number of nitrogens with zero attached hydrogens (tertiary/aromatic N) is 1. The molecule has 90 valence electrons. The second-order valence-electron chi connectivity index (χ2n) is 4.27. The van der Waals surface area contributed by atoms with Crippen LogP contribution in [-0.2, 0) is 4.79 Å². The van der Waals surface area contributed by atoms with Crippen molar-refractivity contribution in [2.45, 2.75) is 6.92 Å². The van der Waals surface area contributed by atoms with Crippen molar-refractivity contribution in [3.63, 3.8) is 0 Å². The van der Waals surface area contributed by atoms with Gasteiger partial charge in [-0.3, -0.25) is 9.59 Å². The lowest BCUT2D eigenvalue weighted by Gasteiger charge is -2.37. The molecule has 17 heavy (non-hydrogen) atoms. The number of carbonyl (C=O) groups excluding carboxylic acids is 1. The molecule has 5 nitrogen and oxygen atoms in total. The van der Waals surface area contributed by atoms with Crippen molar-refractivity contribution in [1.29, 1.82) is 0 Å². The zero-order valence-corrected chi connectivity index (χ0v) is 9.51. The first-order valence-corrected chi connectivity index (χ1v) is 5.38. The molecule has 1 saturated heterocycles. The van der Waals surface area contributed by atoms with Gasteiger partial charge in [-0.1, -0.05) is 6.07 Å². The first kappa shape index (κ1) is 11.4. The second-order valence-corrected chi connectivity index (χ2v) is 4.27. The van der Waals surface area contributed by atoms with E-state index in [0.29, 0.717) is 11.3 Å². The molecule has 5 heteroatoms. The zero-order valence-electron chi connectivity index (χ0n) is 9.51. The zero-order chi connectivity index (χ0) is 12.6. The van der Waals surface area contributed by atoms with Crippen LogP contribution < -0.4 is 5.73 Å². The minimum atomic E-state index is -0.849. The van der Waals surface area contributed by atoms with E-state index in [9.17, 15) is 9.59 Å². The SMILES string of the molecule is Cc1c(N)cccc1C(=O)N1CC(C(=O)O)C1. The summed E-state index contributed by atoms with van der Waals surface area (Å²) in [5.74, 6) is -1.43. The topological polar surface area (TPSA) is 83.6 Å². The minimum absolute atomic E-state index is 0.146. The Balaban J connectivity index is 2.12. The molecule has 0 spiro atoms. The molecular weight excluding hydrogens is 220 g/mol. The van der Waals surface area contributed by atoms with Crippen LogP contribution in [0.3, 0.4) is 0 Å². The third-order valence-corrected chi connectivity index (χ3v) is 3.12. The number of hydrogen-bond donors (Lipinski definition) is 2. The van der Waals surface area contributed by atoms with Gasteiger partial charge in [0.15, 0.2) is 0 Å². The molecule has 0 saturated carbocycles. The van der Waals surface area contributed by atoms with Crippen molar-refractivity contribution in [3.8, 4) is 0 Å². The van der Waals surface area contributed by atoms with Crippen LogP contribution in [0.1, 0.15) is 15.9 Å². The summed E-state index contributed by atoms with van der Waals surface area (Å²) in [5, 5.41) is 8.74. The highest BCUT2D eigenvalue weighted by Crippen LogP contribution is 2.22. The van der Waals surface area contributed by atoms with Crippen LogP contribution in [0, 0.1) is 12.8 Å². The van der Waals surface area contributed by atoms with Gasteiger partial charge >= 0.3 is 5.97 Å². The Labute approximate surface area is 98.8 Å². The highest BCUT2D eigenvalue weighted by molar-refractivity contribution is 5.98. The average Bonchev–Trinajstić information content (AvgIpc) is 2.19. The lowest BCUT2D eigenvalue weighted by atomic mass is 9.97. The summed E-state index contributed by atoms with van der Waals surface area (Å²) in [7, 11) is 0. The Hall–Kier alpha value is -2.04. The molecule has 1 fully saturated rings. The molecule has 1 aromatic carbocycles. The number of carboxylic acid groups (broad SMARTS) is 1. The monoisotopic (exact) mass is 234 g/mol. The molecule has 0 atom stereocenters. The summed E-state index contributed by atoms with van der Waals surface area (Å²) in [6.45, 7) is 2.35. The number of nitrogens with two attached hydrogens (primary N) is 1. The van der Waals surface area contributed by atoms with E-state index in [1.54, 1.807) is 25.1 Å². The van der Waals surface area contributed by atoms with Crippen molar-refractivity contribution in [3.05, 3.63) is 29.3 Å². The van der Waals surface area contributed by atoms with E-state index in [1.165, 1.54) is 4.90 Å². The van der Waals surface area contributed by atoms with Crippen LogP contribution >= 0.6 is 0 Å². The predicted octanol–water partition coefficient (Wildman–Crippen LogP) is 0.734. The highest BCUT2D eigenvalue weighted by atomic mass is 16.4. The Bertz CT molecular complexity index is 479. The number of hydrogen-bond acceptors (Lipinski definition) is 3. The van der Waals surface area contributed by atoms with Crippen LogP contribution in [0.2, 0.25) is 0 Å². The third kappa shape index (κ3) is 1.95. The molecule has 2 rings (SSSR count). The molecule has 3 N–H and O–H groups in total. The molecule has 1 heterocycles. The summed E-state index contributed by atoms with van der Waals surface area (Å²) >= 11 is 0. The molecule has 1 aliphatic rings. The van der Waals surface area contributed by atoms with E-state index in [0.717, 1.165) is 5.56 Å². The Morgan fingerprint density at radius 2 is 2.06 bits per heavy atom. The van der Waals surface area contributed by atoms with Crippen LogP contribution in [0.25, 0.3) is 0 Å². The Morgan fingerprint density at radius 3 is 2.65 bits per heavy atom. The molecule has 1 amide bonds. The molecule has 0 unspecified atom stereocenters. The van der Waals surface area contributed by atoms with Crippen molar-refractivity contribution in [2.24, 2.45) is 5.92 Å². The third-order valence-electron chi connectivity index (χ3n) is 3.12. The van der Waals surface area contributed by atoms with Gasteiger partial charge in [0, 0.05) is 24.3 Å². The lowest BCUT2D eigenvalue weighted by Crippen LogP contribution is -2.53. The van der Waals surface area contributed by atoms with E-state index in [-0.39, 0.29) is 19.0 Å². The maximum atomic E-state index is 12.0. The van der Waals surface area contributed by atoms with Crippen LogP contribution in [0.15, 0.2) is 18.2 Å². The summed E-state index contributed by atoms with van der Waals surface area (Å²) in [4.78, 5) is 24.2.